The maximum absolute atomic E-state index is 11.8. The van der Waals surface area contributed by atoms with E-state index >= 15 is 0 Å². The van der Waals surface area contributed by atoms with Crippen molar-refractivity contribution in [2.24, 2.45) is 15.3 Å². The predicted octanol–water partition coefficient (Wildman–Crippen LogP) is 2.31. The fourth-order valence-electron chi connectivity index (χ4n) is 1.74. The van der Waals surface area contributed by atoms with Gasteiger partial charge in [0.05, 0.1) is 7.11 Å². The van der Waals surface area contributed by atoms with Gasteiger partial charge in [-0.25, -0.2) is 9.59 Å². The number of hydrogen-bond donors (Lipinski definition) is 1. The van der Waals surface area contributed by atoms with Crippen LogP contribution in [0.5, 0.6) is 0 Å². The Kier molecular flexibility index (Phi) is 5.69. The second-order valence-electron chi connectivity index (χ2n) is 5.81. The summed E-state index contributed by atoms with van der Waals surface area (Å²) in [6.45, 7) is 5.34. The molecule has 1 rings (SSSR count). The number of nitrogens with zero attached hydrogens (tertiary/aromatic N) is 5. The molecule has 1 aliphatic heterocycles. The van der Waals surface area contributed by atoms with Gasteiger partial charge in [-0.3, -0.25) is 0 Å². The Morgan fingerprint density at radius 3 is 2.50 bits per heavy atom. The van der Waals surface area contributed by atoms with Gasteiger partial charge in [0.1, 0.15) is 11.6 Å². The fourth-order valence-corrected chi connectivity index (χ4v) is 1.74. The number of nitrogens with one attached hydrogen (secondary N) is 1. The van der Waals surface area contributed by atoms with Crippen molar-refractivity contribution in [2.45, 2.75) is 50.9 Å². The molecule has 0 saturated heterocycles. The number of hydrogen-bond acceptors (Lipinski definition) is 7. The first-order valence-electron chi connectivity index (χ1n) is 6.74. The smallest absolute Gasteiger partial charge is 0.408 e. The van der Waals surface area contributed by atoms with E-state index in [0.29, 0.717) is 6.42 Å². The zero-order valence-electron chi connectivity index (χ0n) is 13.1. The monoisotopic (exact) mass is 312 g/mol. The van der Waals surface area contributed by atoms with Crippen LogP contribution in [0.25, 0.3) is 10.4 Å². The summed E-state index contributed by atoms with van der Waals surface area (Å²) in [5.41, 5.74) is 6.77. The van der Waals surface area contributed by atoms with Gasteiger partial charge >= 0.3 is 12.1 Å². The van der Waals surface area contributed by atoms with Crippen LogP contribution in [0.3, 0.4) is 0 Å². The third kappa shape index (κ3) is 5.96. The van der Waals surface area contributed by atoms with E-state index < -0.39 is 29.4 Å². The lowest BCUT2D eigenvalue weighted by molar-refractivity contribution is -0.143. The van der Waals surface area contributed by atoms with E-state index in [2.05, 4.69) is 30.3 Å². The summed E-state index contributed by atoms with van der Waals surface area (Å²) in [7, 11) is 1.22. The number of ether oxygens (including phenoxy) is 2. The molecule has 0 aromatic rings. The molecule has 0 aromatic carbocycles. The second kappa shape index (κ2) is 7.08. The van der Waals surface area contributed by atoms with Crippen molar-refractivity contribution in [1.82, 2.24) is 5.32 Å². The van der Waals surface area contributed by atoms with Gasteiger partial charge in [0.2, 0.25) is 0 Å². The summed E-state index contributed by atoms with van der Waals surface area (Å²) >= 11 is 0. The third-order valence-electron chi connectivity index (χ3n) is 2.77. The van der Waals surface area contributed by atoms with Crippen LogP contribution in [0.4, 0.5) is 4.79 Å². The van der Waals surface area contributed by atoms with Crippen molar-refractivity contribution in [3.63, 3.8) is 0 Å². The van der Waals surface area contributed by atoms with Crippen LogP contribution in [0.15, 0.2) is 15.3 Å². The Balaban J connectivity index is 2.63. The summed E-state index contributed by atoms with van der Waals surface area (Å²) < 4.78 is 9.78. The molecule has 0 aliphatic carbocycles. The first kappa shape index (κ1) is 17.7. The van der Waals surface area contributed by atoms with Crippen LogP contribution in [-0.4, -0.2) is 43.0 Å². The molecule has 1 heterocycles. The molecule has 0 unspecified atom stereocenters. The van der Waals surface area contributed by atoms with Crippen LogP contribution >= 0.6 is 0 Å². The highest BCUT2D eigenvalue weighted by atomic mass is 16.6. The lowest BCUT2D eigenvalue weighted by Gasteiger charge is -2.23. The molecule has 0 bridgehead atoms. The average molecular weight is 312 g/mol. The lowest BCUT2D eigenvalue weighted by Crippen LogP contribution is -2.46. The van der Waals surface area contributed by atoms with Gasteiger partial charge in [-0.15, -0.1) is 0 Å². The number of amides is 1. The van der Waals surface area contributed by atoms with E-state index in [-0.39, 0.29) is 13.0 Å². The van der Waals surface area contributed by atoms with Gasteiger partial charge in [-0.1, -0.05) is 5.11 Å². The molecule has 0 spiro atoms. The number of azide groups is 1. The van der Waals surface area contributed by atoms with Gasteiger partial charge in [0.25, 0.3) is 0 Å². The maximum Gasteiger partial charge on any atom is 0.408 e. The summed E-state index contributed by atoms with van der Waals surface area (Å²) in [6, 6.07) is -0.944. The first-order chi connectivity index (χ1) is 10.2. The second-order valence-corrected chi connectivity index (χ2v) is 5.81. The van der Waals surface area contributed by atoms with Crippen molar-refractivity contribution >= 4 is 12.1 Å². The maximum atomic E-state index is 11.8. The first-order valence-corrected chi connectivity index (χ1v) is 6.74. The summed E-state index contributed by atoms with van der Waals surface area (Å²) in [4.78, 5) is 26.2. The van der Waals surface area contributed by atoms with Crippen LogP contribution in [0.1, 0.15) is 33.6 Å². The Hall–Kier alpha value is -2.35. The molecule has 1 atom stereocenters. The average Bonchev–Trinajstić information content (AvgIpc) is 3.15. The van der Waals surface area contributed by atoms with E-state index in [0.717, 1.165) is 0 Å². The SMILES string of the molecule is COC(=O)[C@H](CC1(CCN=[N+]=[N-])N=N1)NC(=O)OC(C)(C)C. The summed E-state index contributed by atoms with van der Waals surface area (Å²) in [6.07, 6.45) is -0.241. The summed E-state index contributed by atoms with van der Waals surface area (Å²) in [5, 5.41) is 13.6. The molecule has 10 heteroatoms. The van der Waals surface area contributed by atoms with Gasteiger partial charge in [0, 0.05) is 24.3 Å². The topological polar surface area (TPSA) is 138 Å². The van der Waals surface area contributed by atoms with E-state index in [1.807, 2.05) is 0 Å². The molecule has 1 aliphatic rings. The number of alkyl carbamates (subject to hydrolysis) is 1. The minimum absolute atomic E-state index is 0.125. The quantitative estimate of drug-likeness (QED) is 0.333. The van der Waals surface area contributed by atoms with E-state index in [1.165, 1.54) is 7.11 Å². The summed E-state index contributed by atoms with van der Waals surface area (Å²) in [5.74, 6) is -0.619. The molecule has 122 valence electrons. The van der Waals surface area contributed by atoms with Crippen molar-refractivity contribution in [3.05, 3.63) is 10.4 Å². The van der Waals surface area contributed by atoms with Crippen molar-refractivity contribution in [1.29, 1.82) is 0 Å². The highest BCUT2D eigenvalue weighted by Gasteiger charge is 2.44. The number of esters is 1. The molecule has 1 N–H and O–H groups in total. The molecule has 22 heavy (non-hydrogen) atoms. The highest BCUT2D eigenvalue weighted by molar-refractivity contribution is 5.81. The van der Waals surface area contributed by atoms with Crippen LogP contribution in [0, 0.1) is 0 Å². The van der Waals surface area contributed by atoms with Crippen molar-refractivity contribution in [3.8, 4) is 0 Å². The van der Waals surface area contributed by atoms with Crippen LogP contribution in [-0.2, 0) is 14.3 Å². The van der Waals surface area contributed by atoms with Gasteiger partial charge in [0.15, 0.2) is 5.66 Å². The number of carbonyl (C=O) groups is 2. The Morgan fingerprint density at radius 1 is 1.41 bits per heavy atom. The lowest BCUT2D eigenvalue weighted by atomic mass is 10.0. The molecular weight excluding hydrogens is 292 g/mol. The number of methoxy groups -OCH3 is 1. The number of carbonyl (C=O) groups excluding carboxylic acids is 2. The van der Waals surface area contributed by atoms with E-state index in [9.17, 15) is 9.59 Å². The minimum Gasteiger partial charge on any atom is -0.467 e. The molecule has 10 nitrogen and oxygen atoms in total. The fraction of sp³-hybridized carbons (Fsp3) is 0.833. The molecule has 0 radical (unpaired) electrons. The Bertz CT molecular complexity index is 500. The van der Waals surface area contributed by atoms with Crippen LogP contribution < -0.4 is 5.32 Å². The van der Waals surface area contributed by atoms with Gasteiger partial charge in [-0.05, 0) is 26.3 Å². The van der Waals surface area contributed by atoms with Crippen LogP contribution in [0.2, 0.25) is 0 Å². The zero-order chi connectivity index (χ0) is 16.8. The molecule has 1 amide bonds. The molecule has 0 saturated carbocycles. The standard InChI is InChI=1S/C12H20N6O4/c1-11(2,3)22-10(20)15-8(9(19)21-4)7-12(16-17-12)5-6-14-18-13/h8H,5-7H2,1-4H3,(H,15,20)/t8-/m0/s1. The largest absolute Gasteiger partial charge is 0.467 e. The molecular formula is C12H20N6O4. The van der Waals surface area contributed by atoms with Gasteiger partial charge in [-0.2, -0.15) is 10.2 Å². The third-order valence-corrected chi connectivity index (χ3v) is 2.77. The van der Waals surface area contributed by atoms with Crippen molar-refractivity contribution in [2.75, 3.05) is 13.7 Å². The predicted molar refractivity (Wildman–Crippen MR) is 76.0 cm³/mol. The normalized spacial score (nSPS) is 16.2. The number of rotatable bonds is 7. The Labute approximate surface area is 127 Å². The zero-order valence-corrected chi connectivity index (χ0v) is 13.1. The van der Waals surface area contributed by atoms with Gasteiger partial charge < -0.3 is 14.8 Å². The van der Waals surface area contributed by atoms with Crippen molar-refractivity contribution < 1.29 is 19.1 Å². The van der Waals surface area contributed by atoms with E-state index in [4.69, 9.17) is 10.3 Å². The molecule has 0 fully saturated rings. The minimum atomic E-state index is -0.944. The highest BCUT2D eigenvalue weighted by Crippen LogP contribution is 2.36. The Morgan fingerprint density at radius 2 is 2.05 bits per heavy atom. The van der Waals surface area contributed by atoms with E-state index in [1.54, 1.807) is 20.8 Å². The molecule has 0 aromatic heterocycles.